The van der Waals surface area contributed by atoms with Crippen LogP contribution in [0.4, 0.5) is 28.4 Å². The highest BCUT2D eigenvalue weighted by atomic mass is 32.1. The Kier molecular flexibility index (Phi) is 6.60. The van der Waals surface area contributed by atoms with Gasteiger partial charge < -0.3 is 20.7 Å². The topological polar surface area (TPSA) is 121 Å². The highest BCUT2D eigenvalue weighted by molar-refractivity contribution is 7.23. The standard InChI is InChI=1S/C33H31F4N9OS/c1-44-13-19-23-28(26(37)25(27(19)43-44)24-20(35)7-21(36)29-22(24)18(9-38)30(39)48-29)41-32(42-31(23)45-11-16-3-4-17(12-45)40-16)47-14-33-5-2-6-46(33)10-15(34)8-33/h7,13,15-17,40H,2-6,8,10-12,14,39H2,1H3/t15-,16-,17+,33+/m1/s1. The number of benzene rings is 2. The average molecular weight is 678 g/mol. The molecule has 7 heterocycles. The van der Waals surface area contributed by atoms with E-state index in [1.807, 2.05) is 6.07 Å². The van der Waals surface area contributed by atoms with Gasteiger partial charge in [-0.05, 0) is 32.2 Å². The predicted octanol–water partition coefficient (Wildman–Crippen LogP) is 5.17. The van der Waals surface area contributed by atoms with Crippen molar-refractivity contribution in [1.29, 1.82) is 5.26 Å². The van der Waals surface area contributed by atoms with Crippen molar-refractivity contribution in [1.82, 2.24) is 30.0 Å². The molecule has 0 saturated carbocycles. The molecule has 5 aromatic rings. The fourth-order valence-corrected chi connectivity index (χ4v) is 9.56. The van der Waals surface area contributed by atoms with Crippen molar-refractivity contribution in [2.24, 2.45) is 7.05 Å². The van der Waals surface area contributed by atoms with E-state index in [0.29, 0.717) is 48.7 Å². The number of piperazine rings is 1. The van der Waals surface area contributed by atoms with Crippen LogP contribution in [0, 0.1) is 28.8 Å². The highest BCUT2D eigenvalue weighted by Gasteiger charge is 2.49. The summed E-state index contributed by atoms with van der Waals surface area (Å²) in [4.78, 5) is 13.7. The monoisotopic (exact) mass is 677 g/mol. The van der Waals surface area contributed by atoms with Crippen molar-refractivity contribution in [3.05, 3.63) is 35.3 Å². The van der Waals surface area contributed by atoms with Crippen molar-refractivity contribution in [3.8, 4) is 23.2 Å². The van der Waals surface area contributed by atoms with E-state index in [1.54, 1.807) is 13.2 Å². The van der Waals surface area contributed by atoms with Gasteiger partial charge in [-0.3, -0.25) is 9.58 Å². The number of aromatic nitrogens is 4. The van der Waals surface area contributed by atoms with Crippen LogP contribution in [-0.4, -0.2) is 81.2 Å². The van der Waals surface area contributed by atoms with Gasteiger partial charge in [0.15, 0.2) is 5.82 Å². The molecule has 9 rings (SSSR count). The van der Waals surface area contributed by atoms with Crippen LogP contribution in [-0.2, 0) is 7.05 Å². The van der Waals surface area contributed by atoms with Crippen molar-refractivity contribution < 1.29 is 22.3 Å². The Labute approximate surface area is 276 Å². The number of nitriles is 1. The number of hydrogen-bond acceptors (Lipinski definition) is 10. The first-order valence-electron chi connectivity index (χ1n) is 16.1. The first-order chi connectivity index (χ1) is 23.1. The van der Waals surface area contributed by atoms with E-state index in [1.165, 1.54) is 4.68 Å². The molecule has 0 radical (unpaired) electrons. The fraction of sp³-hybridized carbons (Fsp3) is 0.455. The normalized spacial score (nSPS) is 25.5. The van der Waals surface area contributed by atoms with E-state index in [-0.39, 0.29) is 67.5 Å². The lowest BCUT2D eigenvalue weighted by Crippen LogP contribution is -2.51. The number of alkyl halides is 1. The number of ether oxygens (including phenoxy) is 1. The van der Waals surface area contributed by atoms with Gasteiger partial charge in [0, 0.05) is 73.8 Å². The molecule has 0 spiro atoms. The van der Waals surface area contributed by atoms with E-state index >= 15 is 13.2 Å². The Bertz CT molecular complexity index is 2200. The molecular formula is C33H31F4N9OS. The second kappa shape index (κ2) is 10.6. The van der Waals surface area contributed by atoms with E-state index in [0.717, 1.165) is 43.6 Å². The molecule has 4 saturated heterocycles. The summed E-state index contributed by atoms with van der Waals surface area (Å²) in [5, 5.41) is 18.9. The molecule has 4 atom stereocenters. The Hall–Kier alpha value is -4.26. The van der Waals surface area contributed by atoms with E-state index in [2.05, 4.69) is 25.2 Å². The van der Waals surface area contributed by atoms with Crippen LogP contribution in [0.15, 0.2) is 12.3 Å². The molecule has 48 heavy (non-hydrogen) atoms. The number of anilines is 2. The maximum Gasteiger partial charge on any atom is 0.319 e. The van der Waals surface area contributed by atoms with E-state index in [4.69, 9.17) is 15.5 Å². The molecule has 10 nitrogen and oxygen atoms in total. The Morgan fingerprint density at radius 3 is 2.67 bits per heavy atom. The summed E-state index contributed by atoms with van der Waals surface area (Å²) in [6, 6.07) is 3.02. The molecule has 4 fully saturated rings. The first-order valence-corrected chi connectivity index (χ1v) is 17.0. The van der Waals surface area contributed by atoms with Gasteiger partial charge in [0.1, 0.15) is 52.3 Å². The van der Waals surface area contributed by atoms with Crippen LogP contribution in [0.3, 0.4) is 0 Å². The Balaban J connectivity index is 1.30. The van der Waals surface area contributed by atoms with E-state index in [9.17, 15) is 9.65 Å². The Morgan fingerprint density at radius 2 is 1.90 bits per heavy atom. The molecule has 0 amide bonds. The van der Waals surface area contributed by atoms with Crippen LogP contribution in [0.1, 0.15) is 37.7 Å². The number of nitrogens with two attached hydrogens (primary N) is 1. The molecule has 3 aromatic heterocycles. The minimum Gasteiger partial charge on any atom is -0.461 e. The quantitative estimate of drug-likeness (QED) is 0.243. The number of rotatable bonds is 5. The summed E-state index contributed by atoms with van der Waals surface area (Å²) in [7, 11) is 1.67. The third-order valence-corrected chi connectivity index (χ3v) is 11.7. The number of nitrogens with one attached hydrogen (secondary N) is 1. The van der Waals surface area contributed by atoms with Gasteiger partial charge in [-0.25, -0.2) is 17.6 Å². The average Bonchev–Trinajstić information content (AvgIpc) is 3.85. The number of hydrogen-bond donors (Lipinski definition) is 2. The summed E-state index contributed by atoms with van der Waals surface area (Å²) >= 11 is 0.800. The third kappa shape index (κ3) is 4.31. The second-order valence-electron chi connectivity index (χ2n) is 13.6. The number of halogens is 4. The van der Waals surface area contributed by atoms with Crippen molar-refractivity contribution in [2.75, 3.05) is 43.4 Å². The molecule has 2 bridgehead atoms. The summed E-state index contributed by atoms with van der Waals surface area (Å²) in [6.45, 7) is 2.53. The summed E-state index contributed by atoms with van der Waals surface area (Å²) in [6.07, 6.45) is 4.79. The largest absolute Gasteiger partial charge is 0.461 e. The van der Waals surface area contributed by atoms with Gasteiger partial charge in [0.05, 0.1) is 26.8 Å². The maximum absolute atomic E-state index is 17.4. The first kappa shape index (κ1) is 29.8. The van der Waals surface area contributed by atoms with Crippen LogP contribution < -0.4 is 20.7 Å². The number of nitrogen functional groups attached to an aromatic ring is 1. The number of nitrogens with zero attached hydrogens (tertiary/aromatic N) is 7. The van der Waals surface area contributed by atoms with Gasteiger partial charge in [0.2, 0.25) is 0 Å². The lowest BCUT2D eigenvalue weighted by molar-refractivity contribution is 0.107. The SMILES string of the molecule is Cn1cc2c(n1)c(-c1c(F)cc(F)c3sc(N)c(C#N)c13)c(F)c1nc(OC[C@@]34CCCN3C[C@H](F)C4)nc(N3C[C@H]4CC[C@@H](C3)N4)c12. The van der Waals surface area contributed by atoms with Gasteiger partial charge in [-0.2, -0.15) is 20.3 Å². The lowest BCUT2D eigenvalue weighted by atomic mass is 9.94. The van der Waals surface area contributed by atoms with Gasteiger partial charge in [-0.1, -0.05) is 0 Å². The van der Waals surface area contributed by atoms with E-state index < -0.39 is 29.2 Å². The van der Waals surface area contributed by atoms with Crippen LogP contribution in [0.2, 0.25) is 0 Å². The van der Waals surface area contributed by atoms with Gasteiger partial charge in [-0.15, -0.1) is 11.3 Å². The summed E-state index contributed by atoms with van der Waals surface area (Å²) in [5.74, 6) is -2.41. The zero-order valence-corrected chi connectivity index (χ0v) is 26.8. The molecule has 15 heteroatoms. The summed E-state index contributed by atoms with van der Waals surface area (Å²) in [5.41, 5.74) is 4.86. The third-order valence-electron chi connectivity index (χ3n) is 10.6. The van der Waals surface area contributed by atoms with Crippen molar-refractivity contribution in [3.63, 3.8) is 0 Å². The summed E-state index contributed by atoms with van der Waals surface area (Å²) < 4.78 is 70.7. The second-order valence-corrected chi connectivity index (χ2v) is 14.6. The molecule has 4 aliphatic heterocycles. The smallest absolute Gasteiger partial charge is 0.319 e. The lowest BCUT2D eigenvalue weighted by Gasteiger charge is -2.35. The molecule has 248 valence electrons. The van der Waals surface area contributed by atoms with Crippen LogP contribution >= 0.6 is 11.3 Å². The van der Waals surface area contributed by atoms with Crippen LogP contribution in [0.5, 0.6) is 6.01 Å². The zero-order chi connectivity index (χ0) is 33.1. The number of aryl methyl sites for hydroxylation is 1. The minimum absolute atomic E-state index is 0.00638. The molecule has 0 unspecified atom stereocenters. The van der Waals surface area contributed by atoms with Gasteiger partial charge in [0.25, 0.3) is 0 Å². The molecule has 2 aromatic carbocycles. The maximum atomic E-state index is 17.4. The van der Waals surface area contributed by atoms with Crippen molar-refractivity contribution in [2.45, 2.75) is 55.9 Å². The minimum atomic E-state index is -1.06. The molecular weight excluding hydrogens is 646 g/mol. The molecule has 3 N–H and O–H groups in total. The number of thiophene rings is 1. The molecule has 4 aliphatic rings. The van der Waals surface area contributed by atoms with Crippen LogP contribution in [0.25, 0.3) is 43.0 Å². The highest BCUT2D eigenvalue weighted by Crippen LogP contribution is 2.48. The Morgan fingerprint density at radius 1 is 1.10 bits per heavy atom. The molecule has 0 aliphatic carbocycles. The predicted molar refractivity (Wildman–Crippen MR) is 174 cm³/mol. The van der Waals surface area contributed by atoms with Crippen molar-refractivity contribution >= 4 is 54.0 Å². The van der Waals surface area contributed by atoms with Gasteiger partial charge >= 0.3 is 6.01 Å². The number of fused-ring (bicyclic) bond motifs is 7. The fourth-order valence-electron chi connectivity index (χ4n) is 8.63. The zero-order valence-electron chi connectivity index (χ0n) is 26.0.